The Hall–Kier alpha value is -0.940. The van der Waals surface area contributed by atoms with Gasteiger partial charge in [-0.15, -0.1) is 5.10 Å². The summed E-state index contributed by atoms with van der Waals surface area (Å²) in [6.07, 6.45) is 0. The zero-order valence-corrected chi connectivity index (χ0v) is 10.7. The monoisotopic (exact) mass is 325 g/mol. The summed E-state index contributed by atoms with van der Waals surface area (Å²) in [5, 5.41) is 9.23. The summed E-state index contributed by atoms with van der Waals surface area (Å²) in [5.74, 6) is 0. The number of pyridine rings is 1. The lowest BCUT2D eigenvalue weighted by Gasteiger charge is -2.02. The Morgan fingerprint density at radius 3 is 2.80 bits per heavy atom. The van der Waals surface area contributed by atoms with E-state index in [4.69, 9.17) is 0 Å². The first kappa shape index (κ1) is 9.30. The molecule has 0 aliphatic heterocycles. The second-order valence-corrected chi connectivity index (χ2v) is 4.79. The van der Waals surface area contributed by atoms with Crippen LogP contribution >= 0.6 is 31.9 Å². The molecule has 0 spiro atoms. The van der Waals surface area contributed by atoms with Gasteiger partial charge < -0.3 is 0 Å². The van der Waals surface area contributed by atoms with Crippen molar-refractivity contribution in [1.29, 1.82) is 0 Å². The predicted molar refractivity (Wildman–Crippen MR) is 65.9 cm³/mol. The first-order valence-corrected chi connectivity index (χ1v) is 5.94. The van der Waals surface area contributed by atoms with E-state index in [2.05, 4.69) is 54.3 Å². The van der Waals surface area contributed by atoms with E-state index in [9.17, 15) is 0 Å². The molecule has 0 amide bonds. The molecular weight excluding hydrogens is 322 g/mol. The number of para-hydroxylation sites is 1. The van der Waals surface area contributed by atoms with Gasteiger partial charge in [-0.05, 0) is 44.0 Å². The molecule has 0 fully saturated rings. The molecule has 0 radical (unpaired) electrons. The maximum atomic E-state index is 4.10. The highest BCUT2D eigenvalue weighted by molar-refractivity contribution is 9.11. The molecule has 0 saturated heterocycles. The molecule has 15 heavy (non-hydrogen) atoms. The number of hydrogen-bond acceptors (Lipinski definition) is 2. The van der Waals surface area contributed by atoms with Gasteiger partial charge in [-0.2, -0.15) is 0 Å². The third-order valence-corrected chi connectivity index (χ3v) is 3.52. The van der Waals surface area contributed by atoms with E-state index < -0.39 is 0 Å². The lowest BCUT2D eigenvalue weighted by atomic mass is 10.2. The number of benzene rings is 1. The standard InChI is InChI=1S/C10H5Br2N3/c11-7-3-1-2-6-4-5-8-10(12)13-14-15(8)9(6)7/h1-5H. The Labute approximate surface area is 102 Å². The van der Waals surface area contributed by atoms with Crippen molar-refractivity contribution >= 4 is 48.3 Å². The van der Waals surface area contributed by atoms with E-state index in [0.717, 1.165) is 25.5 Å². The normalized spacial score (nSPS) is 11.3. The molecule has 2 heterocycles. The molecule has 3 rings (SSSR count). The molecule has 1 aromatic carbocycles. The Kier molecular flexibility index (Phi) is 2.03. The lowest BCUT2D eigenvalue weighted by molar-refractivity contribution is 0.876. The zero-order chi connectivity index (χ0) is 10.4. The van der Waals surface area contributed by atoms with Gasteiger partial charge in [-0.25, -0.2) is 4.52 Å². The quantitative estimate of drug-likeness (QED) is 0.633. The summed E-state index contributed by atoms with van der Waals surface area (Å²) in [4.78, 5) is 0. The average Bonchev–Trinajstić information content (AvgIpc) is 2.61. The van der Waals surface area contributed by atoms with E-state index >= 15 is 0 Å². The van der Waals surface area contributed by atoms with Crippen LogP contribution in [0, 0.1) is 0 Å². The Morgan fingerprint density at radius 2 is 1.93 bits per heavy atom. The summed E-state index contributed by atoms with van der Waals surface area (Å²) in [7, 11) is 0. The fraction of sp³-hybridized carbons (Fsp3) is 0. The molecule has 0 unspecified atom stereocenters. The second kappa shape index (κ2) is 3.28. The number of aromatic nitrogens is 3. The third-order valence-electron chi connectivity index (χ3n) is 2.31. The first-order valence-electron chi connectivity index (χ1n) is 4.35. The number of rotatable bonds is 0. The molecule has 0 bridgehead atoms. The molecule has 74 valence electrons. The van der Waals surface area contributed by atoms with E-state index in [1.54, 1.807) is 0 Å². The highest BCUT2D eigenvalue weighted by atomic mass is 79.9. The van der Waals surface area contributed by atoms with Crippen molar-refractivity contribution in [1.82, 2.24) is 14.8 Å². The fourth-order valence-electron chi connectivity index (χ4n) is 1.63. The van der Waals surface area contributed by atoms with Crippen LogP contribution in [0.15, 0.2) is 39.4 Å². The highest BCUT2D eigenvalue weighted by Crippen LogP contribution is 2.26. The first-order chi connectivity index (χ1) is 7.27. The van der Waals surface area contributed by atoms with Crippen LogP contribution in [0.3, 0.4) is 0 Å². The highest BCUT2D eigenvalue weighted by Gasteiger charge is 2.07. The SMILES string of the molecule is Brc1nnn2c1ccc1cccc(Br)c12. The molecule has 2 aromatic heterocycles. The van der Waals surface area contributed by atoms with Gasteiger partial charge in [0.1, 0.15) is 5.52 Å². The summed E-state index contributed by atoms with van der Waals surface area (Å²) in [6, 6.07) is 10.1. The maximum Gasteiger partial charge on any atom is 0.156 e. The summed E-state index contributed by atoms with van der Waals surface area (Å²) < 4.78 is 3.60. The van der Waals surface area contributed by atoms with Gasteiger partial charge >= 0.3 is 0 Å². The number of fused-ring (bicyclic) bond motifs is 3. The van der Waals surface area contributed by atoms with Crippen LogP contribution in [0.25, 0.3) is 16.4 Å². The molecule has 0 saturated carbocycles. The summed E-state index contributed by atoms with van der Waals surface area (Å²) in [5.41, 5.74) is 2.00. The minimum atomic E-state index is 0.764. The van der Waals surface area contributed by atoms with Crippen molar-refractivity contribution in [2.75, 3.05) is 0 Å². The number of hydrogen-bond donors (Lipinski definition) is 0. The predicted octanol–water partition coefficient (Wildman–Crippen LogP) is 3.41. The van der Waals surface area contributed by atoms with E-state index in [1.165, 1.54) is 0 Å². The van der Waals surface area contributed by atoms with Gasteiger partial charge in [0.25, 0.3) is 0 Å². The van der Waals surface area contributed by atoms with E-state index in [-0.39, 0.29) is 0 Å². The molecule has 0 N–H and O–H groups in total. The van der Waals surface area contributed by atoms with Crippen LogP contribution in [-0.4, -0.2) is 14.8 Å². The molecule has 0 aliphatic carbocycles. The van der Waals surface area contributed by atoms with Crippen LogP contribution in [0.4, 0.5) is 0 Å². The van der Waals surface area contributed by atoms with Crippen molar-refractivity contribution in [2.24, 2.45) is 0 Å². The van der Waals surface area contributed by atoms with Gasteiger partial charge in [0, 0.05) is 9.86 Å². The average molecular weight is 327 g/mol. The minimum Gasteiger partial charge on any atom is -0.210 e. The van der Waals surface area contributed by atoms with E-state index in [1.807, 2.05) is 22.7 Å². The van der Waals surface area contributed by atoms with E-state index in [0.29, 0.717) is 0 Å². The molecule has 5 heteroatoms. The van der Waals surface area contributed by atoms with Gasteiger partial charge in [0.2, 0.25) is 0 Å². The lowest BCUT2D eigenvalue weighted by Crippen LogP contribution is -1.90. The van der Waals surface area contributed by atoms with Crippen LogP contribution in [0.2, 0.25) is 0 Å². The topological polar surface area (TPSA) is 30.2 Å². The van der Waals surface area contributed by atoms with Crippen LogP contribution in [0.5, 0.6) is 0 Å². The minimum absolute atomic E-state index is 0.764. The molecule has 3 nitrogen and oxygen atoms in total. The van der Waals surface area contributed by atoms with Gasteiger partial charge in [0.05, 0.1) is 5.52 Å². The second-order valence-electron chi connectivity index (χ2n) is 3.19. The molecule has 3 aromatic rings. The van der Waals surface area contributed by atoms with Crippen molar-refractivity contribution in [3.8, 4) is 0 Å². The van der Waals surface area contributed by atoms with Crippen molar-refractivity contribution in [2.45, 2.75) is 0 Å². The molecule has 0 aliphatic rings. The van der Waals surface area contributed by atoms with Crippen molar-refractivity contribution in [3.05, 3.63) is 39.4 Å². The molecular formula is C10H5Br2N3. The van der Waals surface area contributed by atoms with Crippen LogP contribution in [-0.2, 0) is 0 Å². The van der Waals surface area contributed by atoms with Crippen LogP contribution in [0.1, 0.15) is 0 Å². The van der Waals surface area contributed by atoms with Crippen molar-refractivity contribution in [3.63, 3.8) is 0 Å². The van der Waals surface area contributed by atoms with Gasteiger partial charge in [-0.1, -0.05) is 23.4 Å². The fourth-order valence-corrected chi connectivity index (χ4v) is 2.55. The van der Waals surface area contributed by atoms with Crippen molar-refractivity contribution < 1.29 is 0 Å². The Morgan fingerprint density at radius 1 is 1.07 bits per heavy atom. The largest absolute Gasteiger partial charge is 0.210 e. The summed E-state index contributed by atoms with van der Waals surface area (Å²) in [6.45, 7) is 0. The molecule has 0 atom stereocenters. The van der Waals surface area contributed by atoms with Gasteiger partial charge in [-0.3, -0.25) is 0 Å². The van der Waals surface area contributed by atoms with Crippen LogP contribution < -0.4 is 0 Å². The smallest absolute Gasteiger partial charge is 0.156 e. The zero-order valence-electron chi connectivity index (χ0n) is 7.48. The summed E-state index contributed by atoms with van der Waals surface area (Å²) >= 11 is 6.89. The maximum absolute atomic E-state index is 4.10. The Bertz CT molecular complexity index is 660. The van der Waals surface area contributed by atoms with Gasteiger partial charge in [0.15, 0.2) is 4.60 Å². The number of halogens is 2. The Balaban J connectivity index is 2.64. The third kappa shape index (κ3) is 1.30. The number of nitrogens with zero attached hydrogens (tertiary/aromatic N) is 3.